The van der Waals surface area contributed by atoms with E-state index in [-0.39, 0.29) is 17.1 Å². The highest BCUT2D eigenvalue weighted by Gasteiger charge is 2.17. The van der Waals surface area contributed by atoms with Gasteiger partial charge in [0.1, 0.15) is 11.5 Å². The molecule has 114 valence electrons. The molecule has 0 N–H and O–H groups in total. The van der Waals surface area contributed by atoms with Crippen LogP contribution < -0.4 is 9.47 Å². The Labute approximate surface area is 120 Å². The standard InChI is InChI=1S/C12H12O8S/c1-7(13)18-10-4-9(12(15)20-21(3,16)17)5-11(6-10)19-8(2)14/h4-6H,1-3H3. The van der Waals surface area contributed by atoms with Crippen molar-refractivity contribution in [2.24, 2.45) is 0 Å². The van der Waals surface area contributed by atoms with Crippen LogP contribution in [0.15, 0.2) is 18.2 Å². The lowest BCUT2D eigenvalue weighted by Gasteiger charge is -2.08. The van der Waals surface area contributed by atoms with Crippen molar-refractivity contribution in [1.82, 2.24) is 0 Å². The summed E-state index contributed by atoms with van der Waals surface area (Å²) in [5.74, 6) is -2.72. The molecule has 0 aliphatic carbocycles. The predicted octanol–water partition coefficient (Wildman–Crippen LogP) is 0.654. The van der Waals surface area contributed by atoms with Crippen molar-refractivity contribution in [1.29, 1.82) is 0 Å². The van der Waals surface area contributed by atoms with Crippen molar-refractivity contribution in [3.63, 3.8) is 0 Å². The van der Waals surface area contributed by atoms with E-state index in [1.807, 2.05) is 0 Å². The van der Waals surface area contributed by atoms with E-state index < -0.39 is 28.0 Å². The van der Waals surface area contributed by atoms with Gasteiger partial charge in [-0.1, -0.05) is 0 Å². The molecule has 1 aromatic rings. The summed E-state index contributed by atoms with van der Waals surface area (Å²) >= 11 is 0. The van der Waals surface area contributed by atoms with E-state index in [4.69, 9.17) is 9.47 Å². The van der Waals surface area contributed by atoms with Gasteiger partial charge in [-0.15, -0.1) is 0 Å². The Balaban J connectivity index is 3.20. The fraction of sp³-hybridized carbons (Fsp3) is 0.250. The molecule has 21 heavy (non-hydrogen) atoms. The summed E-state index contributed by atoms with van der Waals surface area (Å²) in [5.41, 5.74) is -0.254. The third-order valence-electron chi connectivity index (χ3n) is 1.87. The normalized spacial score (nSPS) is 10.6. The molecule has 0 atom stereocenters. The van der Waals surface area contributed by atoms with Gasteiger partial charge in [-0.05, 0) is 12.1 Å². The SMILES string of the molecule is CC(=O)Oc1cc(OC(C)=O)cc(C(=O)OS(C)(=O)=O)c1. The molecule has 0 bridgehead atoms. The van der Waals surface area contributed by atoms with Crippen molar-refractivity contribution in [3.8, 4) is 11.5 Å². The van der Waals surface area contributed by atoms with E-state index >= 15 is 0 Å². The smallest absolute Gasteiger partial charge is 0.354 e. The van der Waals surface area contributed by atoms with Crippen molar-refractivity contribution in [3.05, 3.63) is 23.8 Å². The molecule has 0 fully saturated rings. The molecule has 0 radical (unpaired) electrons. The second-order valence-electron chi connectivity index (χ2n) is 3.96. The fourth-order valence-corrected chi connectivity index (χ4v) is 1.70. The summed E-state index contributed by atoms with van der Waals surface area (Å²) < 4.78 is 35.6. The first-order valence-corrected chi connectivity index (χ1v) is 7.34. The van der Waals surface area contributed by atoms with Gasteiger partial charge in [-0.25, -0.2) is 4.79 Å². The monoisotopic (exact) mass is 316 g/mol. The summed E-state index contributed by atoms with van der Waals surface area (Å²) in [4.78, 5) is 33.5. The lowest BCUT2D eigenvalue weighted by molar-refractivity contribution is -0.132. The van der Waals surface area contributed by atoms with E-state index in [0.29, 0.717) is 6.26 Å². The van der Waals surface area contributed by atoms with Gasteiger partial charge in [-0.2, -0.15) is 8.42 Å². The molecule has 0 aliphatic rings. The van der Waals surface area contributed by atoms with E-state index in [9.17, 15) is 22.8 Å². The van der Waals surface area contributed by atoms with Gasteiger partial charge in [-0.3, -0.25) is 9.59 Å². The van der Waals surface area contributed by atoms with Gasteiger partial charge in [0, 0.05) is 19.9 Å². The Hall–Kier alpha value is -2.42. The summed E-state index contributed by atoms with van der Waals surface area (Å²) in [6.45, 7) is 2.26. The maximum Gasteiger partial charge on any atom is 0.354 e. The van der Waals surface area contributed by atoms with Crippen LogP contribution in [-0.2, 0) is 23.9 Å². The van der Waals surface area contributed by atoms with Gasteiger partial charge in [0.15, 0.2) is 0 Å². The minimum Gasteiger partial charge on any atom is -0.427 e. The highest BCUT2D eigenvalue weighted by molar-refractivity contribution is 7.86. The Morgan fingerprint density at radius 3 is 1.67 bits per heavy atom. The maximum absolute atomic E-state index is 11.7. The van der Waals surface area contributed by atoms with Crippen molar-refractivity contribution in [2.45, 2.75) is 13.8 Å². The molecule has 0 unspecified atom stereocenters. The molecule has 1 rings (SSSR count). The number of carbonyl (C=O) groups excluding carboxylic acids is 3. The van der Waals surface area contributed by atoms with Crippen LogP contribution in [0.3, 0.4) is 0 Å². The van der Waals surface area contributed by atoms with Gasteiger partial charge >= 0.3 is 28.0 Å². The number of carbonyl (C=O) groups is 3. The first-order chi connectivity index (χ1) is 9.56. The van der Waals surface area contributed by atoms with Crippen molar-refractivity contribution < 1.29 is 36.5 Å². The molecular weight excluding hydrogens is 304 g/mol. The number of hydrogen-bond acceptors (Lipinski definition) is 8. The van der Waals surface area contributed by atoms with Gasteiger partial charge in [0.2, 0.25) is 0 Å². The van der Waals surface area contributed by atoms with E-state index in [1.54, 1.807) is 0 Å². The van der Waals surface area contributed by atoms with Gasteiger partial charge in [0.25, 0.3) is 0 Å². The molecule has 0 saturated carbocycles. The molecule has 0 aliphatic heterocycles. The topological polar surface area (TPSA) is 113 Å². The molecule has 0 spiro atoms. The van der Waals surface area contributed by atoms with Gasteiger partial charge < -0.3 is 13.7 Å². The number of ether oxygens (including phenoxy) is 2. The Bertz CT molecular complexity index is 655. The average molecular weight is 316 g/mol. The summed E-state index contributed by atoms with van der Waals surface area (Å²) in [6.07, 6.45) is 0.702. The lowest BCUT2D eigenvalue weighted by atomic mass is 10.2. The van der Waals surface area contributed by atoms with Crippen molar-refractivity contribution in [2.75, 3.05) is 6.26 Å². The van der Waals surface area contributed by atoms with Crippen LogP contribution in [0.2, 0.25) is 0 Å². The first kappa shape index (κ1) is 16.6. The summed E-state index contributed by atoms with van der Waals surface area (Å²) in [6, 6.07) is 3.36. The largest absolute Gasteiger partial charge is 0.427 e. The molecule has 0 heterocycles. The van der Waals surface area contributed by atoms with E-state index in [0.717, 1.165) is 26.0 Å². The zero-order valence-electron chi connectivity index (χ0n) is 11.4. The predicted molar refractivity (Wildman–Crippen MR) is 69.3 cm³/mol. The fourth-order valence-electron chi connectivity index (χ4n) is 1.32. The Morgan fingerprint density at radius 1 is 0.905 bits per heavy atom. The third kappa shape index (κ3) is 6.04. The summed E-state index contributed by atoms with van der Waals surface area (Å²) in [7, 11) is -4.01. The molecule has 0 saturated heterocycles. The van der Waals surface area contributed by atoms with Crippen LogP contribution in [0.25, 0.3) is 0 Å². The molecule has 8 nitrogen and oxygen atoms in total. The maximum atomic E-state index is 11.7. The van der Waals surface area contributed by atoms with E-state index in [1.165, 1.54) is 6.07 Å². The highest BCUT2D eigenvalue weighted by Crippen LogP contribution is 2.24. The lowest BCUT2D eigenvalue weighted by Crippen LogP contribution is -2.12. The van der Waals surface area contributed by atoms with Crippen LogP contribution in [0.1, 0.15) is 24.2 Å². The molecule has 0 aromatic heterocycles. The van der Waals surface area contributed by atoms with Crippen LogP contribution in [-0.4, -0.2) is 32.6 Å². The molecule has 0 amide bonds. The van der Waals surface area contributed by atoms with Gasteiger partial charge in [0.05, 0.1) is 11.8 Å². The number of hydrogen-bond donors (Lipinski definition) is 0. The zero-order chi connectivity index (χ0) is 16.2. The number of esters is 2. The van der Waals surface area contributed by atoms with Crippen LogP contribution >= 0.6 is 0 Å². The van der Waals surface area contributed by atoms with E-state index in [2.05, 4.69) is 4.18 Å². The number of benzene rings is 1. The second-order valence-corrected chi connectivity index (χ2v) is 5.53. The average Bonchev–Trinajstić information content (AvgIpc) is 2.23. The highest BCUT2D eigenvalue weighted by atomic mass is 32.2. The van der Waals surface area contributed by atoms with Crippen LogP contribution in [0.5, 0.6) is 11.5 Å². The third-order valence-corrected chi connectivity index (χ3v) is 2.32. The second kappa shape index (κ2) is 6.35. The van der Waals surface area contributed by atoms with Crippen LogP contribution in [0, 0.1) is 0 Å². The minimum atomic E-state index is -4.01. The molecule has 1 aromatic carbocycles. The van der Waals surface area contributed by atoms with Crippen LogP contribution in [0.4, 0.5) is 0 Å². The zero-order valence-corrected chi connectivity index (χ0v) is 12.2. The Kier molecular flexibility index (Phi) is 5.03. The Morgan fingerprint density at radius 2 is 1.33 bits per heavy atom. The minimum absolute atomic E-state index is 0.0956. The number of rotatable bonds is 4. The summed E-state index contributed by atoms with van der Waals surface area (Å²) in [5, 5.41) is 0. The molecule has 9 heteroatoms. The molecular formula is C12H12O8S. The van der Waals surface area contributed by atoms with Crippen molar-refractivity contribution >= 4 is 28.0 Å². The first-order valence-electron chi connectivity index (χ1n) is 5.52. The quantitative estimate of drug-likeness (QED) is 0.452.